The van der Waals surface area contributed by atoms with Gasteiger partial charge in [0, 0.05) is 28.4 Å². The lowest BCUT2D eigenvalue weighted by molar-refractivity contribution is -0.384. The number of nitro groups is 1. The van der Waals surface area contributed by atoms with Gasteiger partial charge in [-0.1, -0.05) is 58.4 Å². The second-order valence-electron chi connectivity index (χ2n) is 9.44. The maximum Gasteiger partial charge on any atom is 0.271 e. The number of ketones is 1. The number of nitro benzene ring substituents is 1. The van der Waals surface area contributed by atoms with Crippen molar-refractivity contribution >= 4 is 51.0 Å². The van der Waals surface area contributed by atoms with Crippen molar-refractivity contribution in [3.63, 3.8) is 0 Å². The molecule has 3 heterocycles. The molecule has 3 aliphatic heterocycles. The van der Waals surface area contributed by atoms with Crippen molar-refractivity contribution in [3.8, 4) is 0 Å². The number of imide groups is 1. The van der Waals surface area contributed by atoms with E-state index in [4.69, 9.17) is 0 Å². The van der Waals surface area contributed by atoms with E-state index >= 15 is 0 Å². The van der Waals surface area contributed by atoms with Gasteiger partial charge in [0.25, 0.3) is 5.69 Å². The Morgan fingerprint density at radius 1 is 0.973 bits per heavy atom. The number of nitrogens with zero attached hydrogens (tertiary/aromatic N) is 3. The third-order valence-corrected chi connectivity index (χ3v) is 8.03. The fraction of sp³-hybridized carbons (Fsp3) is 0.179. The van der Waals surface area contributed by atoms with Crippen LogP contribution in [-0.2, 0) is 9.59 Å². The summed E-state index contributed by atoms with van der Waals surface area (Å²) in [5, 5.41) is 11.4. The van der Waals surface area contributed by atoms with Gasteiger partial charge in [0.2, 0.25) is 11.8 Å². The topological polar surface area (TPSA) is 101 Å². The Labute approximate surface area is 220 Å². The second-order valence-corrected chi connectivity index (χ2v) is 10.4. The third-order valence-electron chi connectivity index (χ3n) is 7.50. The SMILES string of the molecule is Cc1ccc([N+](=O)[O-])cc1N1C(=O)[C@@H]2[C@H](C1=O)[C@@H]1c3ccccc3C=CN1[C@@H]2C(=O)c1ccc(Br)cc1. The maximum absolute atomic E-state index is 14.0. The summed E-state index contributed by atoms with van der Waals surface area (Å²) in [4.78, 5) is 55.7. The Morgan fingerprint density at radius 3 is 2.41 bits per heavy atom. The van der Waals surface area contributed by atoms with Crippen LogP contribution < -0.4 is 4.90 Å². The highest BCUT2D eigenvalue weighted by Crippen LogP contribution is 2.54. The first-order valence-electron chi connectivity index (χ1n) is 11.7. The Hall–Kier alpha value is -4.11. The van der Waals surface area contributed by atoms with E-state index in [0.717, 1.165) is 20.5 Å². The summed E-state index contributed by atoms with van der Waals surface area (Å²) < 4.78 is 0.817. The molecular formula is C28H20BrN3O5. The van der Waals surface area contributed by atoms with Crippen molar-refractivity contribution in [3.05, 3.63) is 110 Å². The fourth-order valence-corrected chi connectivity index (χ4v) is 6.10. The summed E-state index contributed by atoms with van der Waals surface area (Å²) in [6, 6.07) is 17.2. The number of halogens is 1. The van der Waals surface area contributed by atoms with E-state index in [9.17, 15) is 24.5 Å². The molecule has 3 aliphatic rings. The van der Waals surface area contributed by atoms with Crippen molar-refractivity contribution in [1.29, 1.82) is 0 Å². The van der Waals surface area contributed by atoms with Gasteiger partial charge in [0.05, 0.1) is 28.5 Å². The molecule has 0 spiro atoms. The number of benzene rings is 3. The van der Waals surface area contributed by atoms with Crippen LogP contribution in [0.2, 0.25) is 0 Å². The average molecular weight is 558 g/mol. The maximum atomic E-state index is 14.0. The molecule has 37 heavy (non-hydrogen) atoms. The number of rotatable bonds is 4. The molecule has 6 rings (SSSR count). The molecule has 3 aromatic rings. The minimum atomic E-state index is -0.942. The highest BCUT2D eigenvalue weighted by atomic mass is 79.9. The van der Waals surface area contributed by atoms with E-state index in [2.05, 4.69) is 15.9 Å². The molecule has 9 heteroatoms. The monoisotopic (exact) mass is 557 g/mol. The molecule has 184 valence electrons. The van der Waals surface area contributed by atoms with Crippen LogP contribution in [0.25, 0.3) is 6.08 Å². The smallest absolute Gasteiger partial charge is 0.271 e. The predicted molar refractivity (Wildman–Crippen MR) is 140 cm³/mol. The van der Waals surface area contributed by atoms with Crippen molar-refractivity contribution in [1.82, 2.24) is 4.90 Å². The van der Waals surface area contributed by atoms with Gasteiger partial charge in [-0.25, -0.2) is 4.90 Å². The van der Waals surface area contributed by atoms with Gasteiger partial charge in [0.1, 0.15) is 6.04 Å². The van der Waals surface area contributed by atoms with E-state index in [1.807, 2.05) is 35.2 Å². The van der Waals surface area contributed by atoms with Crippen molar-refractivity contribution in [2.75, 3.05) is 4.90 Å². The summed E-state index contributed by atoms with van der Waals surface area (Å²) in [6.07, 6.45) is 3.70. The van der Waals surface area contributed by atoms with E-state index in [1.165, 1.54) is 18.2 Å². The molecule has 0 unspecified atom stereocenters. The molecule has 0 N–H and O–H groups in total. The predicted octanol–water partition coefficient (Wildman–Crippen LogP) is 5.06. The summed E-state index contributed by atoms with van der Waals surface area (Å²) >= 11 is 3.38. The van der Waals surface area contributed by atoms with Crippen molar-refractivity contribution < 1.29 is 19.3 Å². The van der Waals surface area contributed by atoms with E-state index < -0.39 is 40.7 Å². The van der Waals surface area contributed by atoms with Gasteiger partial charge < -0.3 is 4.90 Å². The molecular weight excluding hydrogens is 538 g/mol. The normalized spacial score (nSPS) is 23.6. The zero-order valence-corrected chi connectivity index (χ0v) is 21.2. The van der Waals surface area contributed by atoms with Gasteiger partial charge in [-0.2, -0.15) is 0 Å². The minimum absolute atomic E-state index is 0.180. The molecule has 0 saturated carbocycles. The first kappa shape index (κ1) is 23.3. The van der Waals surface area contributed by atoms with E-state index in [0.29, 0.717) is 11.1 Å². The Balaban J connectivity index is 1.51. The summed E-state index contributed by atoms with van der Waals surface area (Å²) in [6.45, 7) is 1.70. The molecule has 4 atom stereocenters. The number of aryl methyl sites for hydroxylation is 1. The summed E-state index contributed by atoms with van der Waals surface area (Å²) in [5.41, 5.74) is 2.75. The number of anilines is 1. The molecule has 0 aliphatic carbocycles. The van der Waals surface area contributed by atoms with Crippen LogP contribution in [0, 0.1) is 28.9 Å². The van der Waals surface area contributed by atoms with Gasteiger partial charge >= 0.3 is 0 Å². The zero-order chi connectivity index (χ0) is 26.0. The molecule has 0 radical (unpaired) electrons. The van der Waals surface area contributed by atoms with Gasteiger partial charge in [0.15, 0.2) is 5.78 Å². The van der Waals surface area contributed by atoms with Crippen LogP contribution in [0.3, 0.4) is 0 Å². The Bertz CT molecular complexity index is 1530. The molecule has 8 nitrogen and oxygen atoms in total. The van der Waals surface area contributed by atoms with Gasteiger partial charge in [-0.05, 0) is 41.8 Å². The Kier molecular flexibility index (Phi) is 5.34. The summed E-state index contributed by atoms with van der Waals surface area (Å²) in [5.74, 6) is -2.99. The van der Waals surface area contributed by atoms with Gasteiger partial charge in [-0.15, -0.1) is 0 Å². The molecule has 3 aromatic carbocycles. The number of hydrogen-bond acceptors (Lipinski definition) is 6. The number of amides is 2. The number of Topliss-reactive ketones (excluding diaryl/α,β-unsaturated/α-hetero) is 1. The lowest BCUT2D eigenvalue weighted by Crippen LogP contribution is -2.44. The van der Waals surface area contributed by atoms with Gasteiger partial charge in [-0.3, -0.25) is 24.5 Å². The standard InChI is InChI=1S/C28H20BrN3O5/c1-15-6-11-19(32(36)37)14-21(15)31-27(34)22-23(28(31)35)25(26(33)17-7-9-18(29)10-8-17)30-13-12-16-4-2-3-5-20(16)24(22)30/h2-14,22-25H,1H3/t22-,23+,24-,25-/m0/s1. The van der Waals surface area contributed by atoms with Crippen LogP contribution >= 0.6 is 15.9 Å². The highest BCUT2D eigenvalue weighted by molar-refractivity contribution is 9.10. The third kappa shape index (κ3) is 3.45. The highest BCUT2D eigenvalue weighted by Gasteiger charge is 2.64. The number of fused-ring (bicyclic) bond motifs is 5. The lowest BCUT2D eigenvalue weighted by Gasteiger charge is -2.35. The lowest BCUT2D eigenvalue weighted by atomic mass is 9.83. The van der Waals surface area contributed by atoms with Crippen LogP contribution in [-0.4, -0.2) is 33.5 Å². The van der Waals surface area contributed by atoms with Crippen LogP contribution in [0.1, 0.15) is 33.1 Å². The molecule has 2 amide bonds. The van der Waals surface area contributed by atoms with Crippen LogP contribution in [0.5, 0.6) is 0 Å². The number of carbonyl (C=O) groups excluding carboxylic acids is 3. The fourth-order valence-electron chi connectivity index (χ4n) is 5.83. The molecule has 2 fully saturated rings. The number of hydrogen-bond donors (Lipinski definition) is 0. The molecule has 2 saturated heterocycles. The van der Waals surface area contributed by atoms with Crippen molar-refractivity contribution in [2.45, 2.75) is 19.0 Å². The second kappa shape index (κ2) is 8.48. The first-order valence-corrected chi connectivity index (χ1v) is 12.5. The first-order chi connectivity index (χ1) is 17.8. The summed E-state index contributed by atoms with van der Waals surface area (Å²) in [7, 11) is 0. The van der Waals surface area contributed by atoms with E-state index in [1.54, 1.807) is 37.4 Å². The zero-order valence-electron chi connectivity index (χ0n) is 19.6. The largest absolute Gasteiger partial charge is 0.358 e. The Morgan fingerprint density at radius 2 is 1.68 bits per heavy atom. The molecule has 0 bridgehead atoms. The number of carbonyl (C=O) groups is 3. The van der Waals surface area contributed by atoms with Crippen molar-refractivity contribution in [2.24, 2.45) is 11.8 Å². The number of non-ortho nitro benzene ring substituents is 1. The minimum Gasteiger partial charge on any atom is -0.358 e. The average Bonchev–Trinajstić information content (AvgIpc) is 3.37. The van der Waals surface area contributed by atoms with Crippen LogP contribution in [0.15, 0.2) is 77.4 Å². The molecule has 0 aromatic heterocycles. The quantitative estimate of drug-likeness (QED) is 0.192. The van der Waals surface area contributed by atoms with E-state index in [-0.39, 0.29) is 17.2 Å². The van der Waals surface area contributed by atoms with Crippen LogP contribution in [0.4, 0.5) is 11.4 Å².